The molecule has 2 rings (SSSR count). The topological polar surface area (TPSA) is 52.6 Å². The third kappa shape index (κ3) is 5.65. The van der Waals surface area contributed by atoms with Gasteiger partial charge in [-0.2, -0.15) is 0 Å². The van der Waals surface area contributed by atoms with Crippen LogP contribution in [0, 0.1) is 0 Å². The molecule has 2 aromatic rings. The van der Waals surface area contributed by atoms with Gasteiger partial charge in [0.15, 0.2) is 0 Å². The van der Waals surface area contributed by atoms with Gasteiger partial charge >= 0.3 is 0 Å². The van der Waals surface area contributed by atoms with Crippen molar-refractivity contribution in [3.8, 4) is 11.5 Å². The van der Waals surface area contributed by atoms with E-state index in [4.69, 9.17) is 9.47 Å². The van der Waals surface area contributed by atoms with E-state index in [1.807, 2.05) is 12.1 Å². The average Bonchev–Trinajstić information content (AvgIpc) is 2.54. The first-order valence-corrected chi connectivity index (χ1v) is 8.43. The van der Waals surface area contributed by atoms with Gasteiger partial charge in [-0.1, -0.05) is 35.7 Å². The maximum Gasteiger partial charge on any atom is 0.202 e. The maximum atomic E-state index is 12.0. The third-order valence-electron chi connectivity index (χ3n) is 2.83. The Morgan fingerprint density at radius 3 is 1.65 bits per heavy atom. The van der Waals surface area contributed by atoms with E-state index in [0.29, 0.717) is 11.5 Å². The molecule has 0 aliphatic heterocycles. The number of carbonyl (C=O) groups is 2. The summed E-state index contributed by atoms with van der Waals surface area (Å²) in [6.07, 6.45) is -0.135. The SMILES string of the molecule is COc1cccc(SC(=O)CC(=O)Sc2cccc(OC)c2)c1. The van der Waals surface area contributed by atoms with E-state index in [-0.39, 0.29) is 16.7 Å². The van der Waals surface area contributed by atoms with Crippen LogP contribution in [0.2, 0.25) is 0 Å². The molecule has 0 atom stereocenters. The molecule has 0 saturated carbocycles. The molecule has 0 aliphatic carbocycles. The molecular formula is C17H16O4S2. The number of rotatable bonds is 6. The van der Waals surface area contributed by atoms with Gasteiger partial charge in [0.2, 0.25) is 10.2 Å². The molecule has 0 saturated heterocycles. The summed E-state index contributed by atoms with van der Waals surface area (Å²) in [7, 11) is 3.14. The number of carbonyl (C=O) groups excluding carboxylic acids is 2. The quantitative estimate of drug-likeness (QED) is 0.580. The minimum Gasteiger partial charge on any atom is -0.497 e. The normalized spacial score (nSPS) is 10.2. The first-order valence-electron chi connectivity index (χ1n) is 6.80. The molecule has 0 aliphatic rings. The Morgan fingerprint density at radius 2 is 1.26 bits per heavy atom. The zero-order valence-corrected chi connectivity index (χ0v) is 14.4. The predicted molar refractivity (Wildman–Crippen MR) is 92.3 cm³/mol. The van der Waals surface area contributed by atoms with Crippen LogP contribution in [0.5, 0.6) is 11.5 Å². The highest BCUT2D eigenvalue weighted by atomic mass is 32.2. The van der Waals surface area contributed by atoms with Crippen LogP contribution in [0.15, 0.2) is 58.3 Å². The Labute approximate surface area is 143 Å². The Kier molecular flexibility index (Phi) is 6.55. The van der Waals surface area contributed by atoms with E-state index >= 15 is 0 Å². The lowest BCUT2D eigenvalue weighted by atomic mass is 10.3. The highest BCUT2D eigenvalue weighted by Crippen LogP contribution is 2.28. The number of hydrogen-bond acceptors (Lipinski definition) is 6. The fourth-order valence-electron chi connectivity index (χ4n) is 1.78. The summed E-state index contributed by atoms with van der Waals surface area (Å²) in [6.45, 7) is 0. The van der Waals surface area contributed by atoms with E-state index in [0.717, 1.165) is 33.3 Å². The molecule has 0 fully saturated rings. The third-order valence-corrected chi connectivity index (χ3v) is 4.56. The van der Waals surface area contributed by atoms with Gasteiger partial charge in [0, 0.05) is 9.79 Å². The minimum atomic E-state index is -0.196. The van der Waals surface area contributed by atoms with Crippen molar-refractivity contribution in [3.63, 3.8) is 0 Å². The molecule has 0 unspecified atom stereocenters. The van der Waals surface area contributed by atoms with E-state index < -0.39 is 0 Å². The monoisotopic (exact) mass is 348 g/mol. The average molecular weight is 348 g/mol. The largest absolute Gasteiger partial charge is 0.497 e. The van der Waals surface area contributed by atoms with E-state index in [2.05, 4.69) is 0 Å². The summed E-state index contributed by atoms with van der Waals surface area (Å²) in [6, 6.07) is 14.4. The predicted octanol–water partition coefficient (Wildman–Crippen LogP) is 4.03. The van der Waals surface area contributed by atoms with Crippen molar-refractivity contribution in [2.24, 2.45) is 0 Å². The van der Waals surface area contributed by atoms with Gasteiger partial charge in [-0.05, 0) is 36.4 Å². The van der Waals surface area contributed by atoms with E-state index in [1.165, 1.54) is 0 Å². The molecule has 6 heteroatoms. The maximum absolute atomic E-state index is 12.0. The lowest BCUT2D eigenvalue weighted by molar-refractivity contribution is -0.117. The van der Waals surface area contributed by atoms with Gasteiger partial charge < -0.3 is 9.47 Å². The van der Waals surface area contributed by atoms with Crippen molar-refractivity contribution in [2.45, 2.75) is 16.2 Å². The number of ether oxygens (including phenoxy) is 2. The van der Waals surface area contributed by atoms with Gasteiger partial charge in [-0.3, -0.25) is 9.59 Å². The zero-order valence-electron chi connectivity index (χ0n) is 12.8. The molecule has 0 spiro atoms. The number of methoxy groups -OCH3 is 2. The van der Waals surface area contributed by atoms with Gasteiger partial charge in [0.1, 0.15) is 11.5 Å². The Balaban J connectivity index is 1.90. The van der Waals surface area contributed by atoms with Crippen LogP contribution in [0.4, 0.5) is 0 Å². The second kappa shape index (κ2) is 8.64. The van der Waals surface area contributed by atoms with Crippen molar-refractivity contribution in [1.82, 2.24) is 0 Å². The molecule has 0 N–H and O–H groups in total. The highest BCUT2D eigenvalue weighted by molar-refractivity contribution is 8.15. The number of hydrogen-bond donors (Lipinski definition) is 0. The molecule has 2 aromatic carbocycles. The lowest BCUT2D eigenvalue weighted by Gasteiger charge is -2.04. The molecule has 4 nitrogen and oxygen atoms in total. The summed E-state index contributed by atoms with van der Waals surface area (Å²) >= 11 is 2.08. The lowest BCUT2D eigenvalue weighted by Crippen LogP contribution is -2.00. The van der Waals surface area contributed by atoms with Crippen LogP contribution in [0.3, 0.4) is 0 Å². The fraction of sp³-hybridized carbons (Fsp3) is 0.176. The van der Waals surface area contributed by atoms with Crippen LogP contribution in [-0.2, 0) is 9.59 Å². The van der Waals surface area contributed by atoms with Gasteiger partial charge in [-0.25, -0.2) is 0 Å². The second-order valence-electron chi connectivity index (χ2n) is 4.48. The smallest absolute Gasteiger partial charge is 0.202 e. The van der Waals surface area contributed by atoms with Crippen molar-refractivity contribution < 1.29 is 19.1 Å². The van der Waals surface area contributed by atoms with Gasteiger partial charge in [0.25, 0.3) is 0 Å². The van der Waals surface area contributed by atoms with Crippen molar-refractivity contribution in [1.29, 1.82) is 0 Å². The number of benzene rings is 2. The molecule has 120 valence electrons. The summed E-state index contributed by atoms with van der Waals surface area (Å²) in [5.41, 5.74) is 0. The fourth-order valence-corrected chi connectivity index (χ4v) is 3.45. The van der Waals surface area contributed by atoms with Gasteiger partial charge in [0.05, 0.1) is 20.6 Å². The molecular weight excluding hydrogens is 332 g/mol. The van der Waals surface area contributed by atoms with E-state index in [9.17, 15) is 9.59 Å². The summed E-state index contributed by atoms with van der Waals surface area (Å²) in [5.74, 6) is 1.36. The van der Waals surface area contributed by atoms with E-state index in [1.54, 1.807) is 50.6 Å². The van der Waals surface area contributed by atoms with Crippen LogP contribution < -0.4 is 9.47 Å². The minimum absolute atomic E-state index is 0.135. The van der Waals surface area contributed by atoms with Gasteiger partial charge in [-0.15, -0.1) is 0 Å². The second-order valence-corrected chi connectivity index (χ2v) is 6.74. The molecule has 0 radical (unpaired) electrons. The van der Waals surface area contributed by atoms with Crippen molar-refractivity contribution in [3.05, 3.63) is 48.5 Å². The first kappa shape index (κ1) is 17.4. The van der Waals surface area contributed by atoms with Crippen molar-refractivity contribution in [2.75, 3.05) is 14.2 Å². The van der Waals surface area contributed by atoms with Crippen LogP contribution in [0.1, 0.15) is 6.42 Å². The van der Waals surface area contributed by atoms with Crippen LogP contribution in [0.25, 0.3) is 0 Å². The summed E-state index contributed by atoms with van der Waals surface area (Å²) in [5, 5.41) is -0.391. The molecule has 0 amide bonds. The van der Waals surface area contributed by atoms with Crippen LogP contribution >= 0.6 is 23.5 Å². The Hall–Kier alpha value is -1.92. The molecule has 0 aromatic heterocycles. The molecule has 23 heavy (non-hydrogen) atoms. The molecule has 0 heterocycles. The molecule has 0 bridgehead atoms. The standard InChI is InChI=1S/C17H16O4S2/c1-20-12-5-3-7-14(9-12)22-16(18)11-17(19)23-15-8-4-6-13(10-15)21-2/h3-10H,11H2,1-2H3. The zero-order chi connectivity index (χ0) is 16.7. The summed E-state index contributed by atoms with van der Waals surface area (Å²) in [4.78, 5) is 25.5. The Bertz CT molecular complexity index is 641. The number of thioether (sulfide) groups is 2. The first-order chi connectivity index (χ1) is 11.1. The highest BCUT2D eigenvalue weighted by Gasteiger charge is 2.13. The van der Waals surface area contributed by atoms with Crippen LogP contribution in [-0.4, -0.2) is 24.5 Å². The van der Waals surface area contributed by atoms with Crippen molar-refractivity contribution >= 4 is 33.8 Å². The summed E-state index contributed by atoms with van der Waals surface area (Å²) < 4.78 is 10.2. The Morgan fingerprint density at radius 1 is 0.826 bits per heavy atom.